The van der Waals surface area contributed by atoms with Crippen LogP contribution in [0.4, 0.5) is 0 Å². The van der Waals surface area contributed by atoms with Gasteiger partial charge >= 0.3 is 0 Å². The van der Waals surface area contributed by atoms with Crippen molar-refractivity contribution >= 4 is 33.3 Å². The summed E-state index contributed by atoms with van der Waals surface area (Å²) in [5, 5.41) is 38.8. The topological polar surface area (TPSA) is 140 Å². The van der Waals surface area contributed by atoms with Crippen molar-refractivity contribution < 1.29 is 20.1 Å². The van der Waals surface area contributed by atoms with Gasteiger partial charge in [-0.25, -0.2) is 0 Å². The van der Waals surface area contributed by atoms with Crippen LogP contribution in [0.15, 0.2) is 46.5 Å². The molecular weight excluding hydrogens is 701 g/mol. The summed E-state index contributed by atoms with van der Waals surface area (Å²) in [7, 11) is 6.17. The number of nitrogens with zero attached hydrogens (tertiary/aromatic N) is 1. The van der Waals surface area contributed by atoms with Crippen LogP contribution in [-0.2, 0) is 17.9 Å². The van der Waals surface area contributed by atoms with E-state index in [1.54, 1.807) is 0 Å². The molecule has 0 radical (unpaired) electrons. The molecule has 1 aromatic carbocycles. The number of aliphatic hydroxyl groups is 3. The molecule has 0 amide bonds. The predicted molar refractivity (Wildman–Crippen MR) is 216 cm³/mol. The number of rotatable bonds is 8. The highest BCUT2D eigenvalue weighted by molar-refractivity contribution is 8.77. The third-order valence-electron chi connectivity index (χ3n) is 15.9. The number of carbonyl (C=O) groups excluding carboxylic acids is 1. The second-order valence-electron chi connectivity index (χ2n) is 17.8. The van der Waals surface area contributed by atoms with Gasteiger partial charge in [-0.3, -0.25) is 9.79 Å². The number of Topliss-reactive ketones (excluding diaryl/α,β-unsaturated/α-hetero) is 1. The van der Waals surface area contributed by atoms with Crippen molar-refractivity contribution in [3.63, 3.8) is 0 Å². The van der Waals surface area contributed by atoms with E-state index in [4.69, 9.17) is 10.7 Å². The molecule has 53 heavy (non-hydrogen) atoms. The van der Waals surface area contributed by atoms with Crippen LogP contribution in [0.5, 0.6) is 0 Å². The Hall–Kier alpha value is -1.82. The van der Waals surface area contributed by atoms with Gasteiger partial charge in [-0.05, 0) is 110 Å². The van der Waals surface area contributed by atoms with E-state index in [0.717, 1.165) is 81.2 Å². The number of carbonyl (C=O) groups is 1. The van der Waals surface area contributed by atoms with Gasteiger partial charge in [-0.2, -0.15) is 0 Å². The smallest absolute Gasteiger partial charge is 0.189 e. The van der Waals surface area contributed by atoms with E-state index in [1.165, 1.54) is 36.0 Å². The van der Waals surface area contributed by atoms with Crippen LogP contribution >= 0.6 is 21.6 Å². The van der Waals surface area contributed by atoms with E-state index < -0.39 is 0 Å². The van der Waals surface area contributed by atoms with Gasteiger partial charge in [0.05, 0.1) is 16.9 Å². The minimum Gasteiger partial charge on any atom is -0.396 e. The summed E-state index contributed by atoms with van der Waals surface area (Å²) in [5.41, 5.74) is 12.1. The maximum atomic E-state index is 14.6. The lowest BCUT2D eigenvalue weighted by Crippen LogP contribution is -2.75. The molecule has 10 heteroatoms. The molecule has 7 aliphatic rings. The fourth-order valence-electron chi connectivity index (χ4n) is 13.6. The molecule has 3 fully saturated rings. The van der Waals surface area contributed by atoms with Crippen molar-refractivity contribution in [3.05, 3.63) is 58.2 Å². The van der Waals surface area contributed by atoms with Gasteiger partial charge in [0.2, 0.25) is 0 Å². The summed E-state index contributed by atoms with van der Waals surface area (Å²) in [6.45, 7) is 4.20. The Balaban J connectivity index is 1.28. The molecule has 8 rings (SSSR count). The van der Waals surface area contributed by atoms with Gasteiger partial charge in [-0.15, -0.1) is 0 Å². The van der Waals surface area contributed by atoms with Gasteiger partial charge < -0.3 is 31.7 Å². The molecule has 5 bridgehead atoms. The van der Waals surface area contributed by atoms with Gasteiger partial charge in [0, 0.05) is 61.6 Å². The molecule has 5 aliphatic carbocycles. The Morgan fingerprint density at radius 2 is 1.94 bits per heavy atom. The molecule has 290 valence electrons. The Morgan fingerprint density at radius 3 is 2.70 bits per heavy atom. The molecule has 0 saturated heterocycles. The number of aliphatic hydroxyl groups excluding tert-OH is 3. The first-order valence-electron chi connectivity index (χ1n) is 20.6. The summed E-state index contributed by atoms with van der Waals surface area (Å²) in [4.78, 5) is 19.5. The predicted octanol–water partition coefficient (Wildman–Crippen LogP) is 6.39. The highest BCUT2D eigenvalue weighted by Crippen LogP contribution is 2.76. The first kappa shape index (κ1) is 38.1. The third kappa shape index (κ3) is 5.76. The van der Waals surface area contributed by atoms with Crippen molar-refractivity contribution in [1.29, 1.82) is 0 Å². The zero-order valence-electron chi connectivity index (χ0n) is 31.9. The Bertz CT molecular complexity index is 1660. The van der Waals surface area contributed by atoms with Gasteiger partial charge in [0.15, 0.2) is 11.7 Å². The van der Waals surface area contributed by atoms with Crippen molar-refractivity contribution in [2.75, 3.05) is 32.6 Å². The minimum atomic E-state index is -0.384. The summed E-state index contributed by atoms with van der Waals surface area (Å²) in [5.74, 6) is 3.08. The van der Waals surface area contributed by atoms with Gasteiger partial charge in [-0.1, -0.05) is 83.7 Å². The van der Waals surface area contributed by atoms with E-state index >= 15 is 0 Å². The normalized spacial score (nSPS) is 39.0. The van der Waals surface area contributed by atoms with Crippen LogP contribution in [0.3, 0.4) is 0 Å². The largest absolute Gasteiger partial charge is 0.396 e. The number of benzene rings is 1. The van der Waals surface area contributed by atoms with Crippen molar-refractivity contribution in [1.82, 2.24) is 10.6 Å². The van der Waals surface area contributed by atoms with Crippen LogP contribution in [0.2, 0.25) is 0 Å². The zero-order valence-corrected chi connectivity index (χ0v) is 33.5. The maximum absolute atomic E-state index is 14.6. The quantitative estimate of drug-likeness (QED) is 0.131. The maximum Gasteiger partial charge on any atom is 0.189 e. The first-order valence-corrected chi connectivity index (χ1v) is 23.0. The Morgan fingerprint density at radius 1 is 1.11 bits per heavy atom. The number of hydrogen-bond acceptors (Lipinski definition) is 10. The van der Waals surface area contributed by atoms with Crippen LogP contribution in [0, 0.1) is 40.4 Å². The van der Waals surface area contributed by atoms with Gasteiger partial charge in [0.25, 0.3) is 0 Å². The third-order valence-corrected chi connectivity index (χ3v) is 19.2. The molecule has 7 N–H and O–H groups in total. The number of nitrogens with two attached hydrogens (primary N) is 1. The molecule has 9 atom stereocenters. The number of aliphatic imine (C=N–C) groups is 1. The number of allylic oxidation sites excluding steroid dienone is 3. The van der Waals surface area contributed by atoms with Crippen LogP contribution in [0.1, 0.15) is 113 Å². The second kappa shape index (κ2) is 14.9. The van der Waals surface area contributed by atoms with Crippen LogP contribution in [-0.4, -0.2) is 69.9 Å². The van der Waals surface area contributed by atoms with E-state index in [9.17, 15) is 20.1 Å². The Labute approximate surface area is 324 Å². The molecule has 2 heterocycles. The Kier molecular flexibility index (Phi) is 10.7. The van der Waals surface area contributed by atoms with E-state index in [2.05, 4.69) is 69.5 Å². The van der Waals surface area contributed by atoms with E-state index in [0.29, 0.717) is 30.6 Å². The highest BCUT2D eigenvalue weighted by Gasteiger charge is 2.70. The molecule has 0 aromatic heterocycles. The molecule has 3 saturated carbocycles. The fourth-order valence-corrected chi connectivity index (χ4v) is 17.4. The molecular formula is C43H62N4O4S2. The number of ketones is 1. The molecule has 3 spiro atoms. The van der Waals surface area contributed by atoms with Crippen molar-refractivity contribution in [3.8, 4) is 0 Å². The minimum absolute atomic E-state index is 0.00573. The molecule has 1 aromatic rings. The fraction of sp³-hybridized carbons (Fsp3) is 0.721. The zero-order chi connectivity index (χ0) is 37.0. The summed E-state index contributed by atoms with van der Waals surface area (Å²) < 4.78 is -0.0919. The number of nitrogens with one attached hydrogen (secondary N) is 2. The van der Waals surface area contributed by atoms with Crippen LogP contribution < -0.4 is 16.4 Å². The molecule has 8 nitrogen and oxygen atoms in total. The van der Waals surface area contributed by atoms with Crippen molar-refractivity contribution in [2.45, 2.75) is 120 Å². The lowest BCUT2D eigenvalue weighted by atomic mass is 9.47. The van der Waals surface area contributed by atoms with E-state index in [-0.39, 0.29) is 70.5 Å². The SMILES string of the molecule is CNCc1ccc(CO)c([C@@H]2C=C[C@H]3CCC4=C5C[C@H]6C[C@@H](CO)[C@@H](CCCO)[C@]5(CC4=O)[C@@]6(C)CCSSC4(CCCCC4)[C@]34NC(N)=NC[C@H]24)c1. The van der Waals surface area contributed by atoms with Crippen molar-refractivity contribution in [2.24, 2.45) is 51.1 Å². The average Bonchev–Trinajstić information content (AvgIpc) is 3.50. The van der Waals surface area contributed by atoms with Crippen LogP contribution in [0.25, 0.3) is 0 Å². The summed E-state index contributed by atoms with van der Waals surface area (Å²) in [6, 6.07) is 6.53. The second-order valence-corrected chi connectivity index (χ2v) is 20.6. The van der Waals surface area contributed by atoms with Gasteiger partial charge in [0.1, 0.15) is 0 Å². The summed E-state index contributed by atoms with van der Waals surface area (Å²) in [6.07, 6.45) is 17.6. The lowest BCUT2D eigenvalue weighted by molar-refractivity contribution is -0.125. The standard InChI is InChI=1S/C43H62N4O4S2/c1-40-16-18-52-53-41(14-4-3-5-15-41)43-30(10-12-32(37(43)24-46-39(44)47-43)34-19-27(23-45-2)8-9-28(34)25-49)11-13-33-36-21-31(40)20-29(26-50)35(7-6-17-48)42(36,40)22-38(33)51/h8-10,12,19,29-32,35,37,45,48-50H,3-7,11,13-18,20-26H2,1-2H3,(H3,44,46,47)/t29-,30-,31+,32-,35+,37+,40-,42-,43-/m0/s1. The number of hydrogen-bond donors (Lipinski definition) is 6. The van der Waals surface area contributed by atoms with E-state index in [1.807, 2.05) is 7.05 Å². The highest BCUT2D eigenvalue weighted by atomic mass is 33.1. The molecule has 2 aliphatic heterocycles. The molecule has 0 unspecified atom stereocenters. The first-order chi connectivity index (χ1) is 25.7. The monoisotopic (exact) mass is 762 g/mol. The lowest BCUT2D eigenvalue weighted by Gasteiger charge is -2.62. The summed E-state index contributed by atoms with van der Waals surface area (Å²) >= 11 is 0. The number of guanidine groups is 1. The average molecular weight is 763 g/mol.